The average molecular weight is 489 g/mol. The van der Waals surface area contributed by atoms with Crippen LogP contribution in [0.1, 0.15) is 21.5 Å². The minimum atomic E-state index is -4.76. The van der Waals surface area contributed by atoms with Crippen molar-refractivity contribution >= 4 is 17.8 Å². The van der Waals surface area contributed by atoms with Crippen LogP contribution in [0, 0.1) is 10.1 Å². The highest BCUT2D eigenvalue weighted by molar-refractivity contribution is 5.95. The molecule has 3 aromatic rings. The molecule has 0 bridgehead atoms. The monoisotopic (exact) mass is 489 g/mol. The van der Waals surface area contributed by atoms with Gasteiger partial charge < -0.3 is 14.2 Å². The Labute approximate surface area is 196 Å². The number of hydrogen-bond donors (Lipinski definition) is 1. The maximum atomic E-state index is 13.0. The molecule has 0 spiro atoms. The van der Waals surface area contributed by atoms with Crippen LogP contribution in [0.2, 0.25) is 0 Å². The van der Waals surface area contributed by atoms with Crippen LogP contribution in [0.5, 0.6) is 23.0 Å². The summed E-state index contributed by atoms with van der Waals surface area (Å²) in [5, 5.41) is 15.2. The molecule has 182 valence electrons. The van der Waals surface area contributed by atoms with Crippen molar-refractivity contribution in [2.24, 2.45) is 5.10 Å². The number of rotatable bonds is 8. The third kappa shape index (κ3) is 6.25. The number of carbonyl (C=O) groups excluding carboxylic acids is 1. The molecule has 0 heterocycles. The lowest BCUT2D eigenvalue weighted by molar-refractivity contribution is -0.385. The van der Waals surface area contributed by atoms with Gasteiger partial charge in [0.1, 0.15) is 17.2 Å². The Morgan fingerprint density at radius 1 is 1.00 bits per heavy atom. The molecule has 0 aromatic heterocycles. The highest BCUT2D eigenvalue weighted by Gasteiger charge is 2.33. The summed E-state index contributed by atoms with van der Waals surface area (Å²) < 4.78 is 54.7. The number of hydrogen-bond acceptors (Lipinski definition) is 7. The summed E-state index contributed by atoms with van der Waals surface area (Å²) in [6.45, 7) is 0. The maximum absolute atomic E-state index is 13.0. The number of carbonyl (C=O) groups is 1. The van der Waals surface area contributed by atoms with Crippen molar-refractivity contribution in [1.82, 2.24) is 5.43 Å². The summed E-state index contributed by atoms with van der Waals surface area (Å²) in [4.78, 5) is 22.7. The minimum Gasteiger partial charge on any atom is -0.497 e. The minimum absolute atomic E-state index is 0.0213. The van der Waals surface area contributed by atoms with E-state index in [0.717, 1.165) is 6.07 Å². The van der Waals surface area contributed by atoms with Crippen molar-refractivity contribution in [1.29, 1.82) is 0 Å². The zero-order valence-corrected chi connectivity index (χ0v) is 18.3. The lowest BCUT2D eigenvalue weighted by Gasteiger charge is -2.12. The van der Waals surface area contributed by atoms with Crippen molar-refractivity contribution in [3.05, 3.63) is 87.5 Å². The third-order valence-electron chi connectivity index (χ3n) is 4.62. The molecule has 0 fully saturated rings. The largest absolute Gasteiger partial charge is 0.497 e. The SMILES string of the molecule is COc1cccc(C(=O)N/N=C\c2cc(OC)ccc2Oc2ccc(C(F)(F)F)cc2[N+](=O)[O-])c1. The van der Waals surface area contributed by atoms with Gasteiger partial charge in [-0.05, 0) is 48.5 Å². The molecule has 0 unspecified atom stereocenters. The molecule has 3 aromatic carbocycles. The summed E-state index contributed by atoms with van der Waals surface area (Å²) in [5.41, 5.74) is 0.777. The first-order valence-corrected chi connectivity index (χ1v) is 9.81. The molecule has 0 saturated carbocycles. The summed E-state index contributed by atoms with van der Waals surface area (Å²) in [6.07, 6.45) is -3.56. The topological polar surface area (TPSA) is 112 Å². The lowest BCUT2D eigenvalue weighted by Crippen LogP contribution is -2.17. The standard InChI is InChI=1S/C23H18F3N3O6/c1-33-17-5-3-4-14(10-17)22(30)28-27-13-15-11-18(34-2)7-9-20(15)35-21-8-6-16(23(24,25)26)12-19(21)29(31)32/h3-13H,1-2H3,(H,28,30)/b27-13-. The Balaban J connectivity index is 1.88. The number of amides is 1. The summed E-state index contributed by atoms with van der Waals surface area (Å²) in [5.74, 6) is -0.0803. The fourth-order valence-electron chi connectivity index (χ4n) is 2.88. The Morgan fingerprint density at radius 2 is 1.69 bits per heavy atom. The summed E-state index contributed by atoms with van der Waals surface area (Å²) in [6, 6.07) is 12.6. The molecule has 3 rings (SSSR count). The van der Waals surface area contributed by atoms with Crippen molar-refractivity contribution in [3.8, 4) is 23.0 Å². The second-order valence-electron chi connectivity index (χ2n) is 6.87. The Morgan fingerprint density at radius 3 is 2.34 bits per heavy atom. The van der Waals surface area contributed by atoms with Crippen LogP contribution in [0.15, 0.2) is 65.8 Å². The zero-order chi connectivity index (χ0) is 25.6. The van der Waals surface area contributed by atoms with E-state index in [1.54, 1.807) is 18.2 Å². The number of nitro groups is 1. The van der Waals surface area contributed by atoms with Crippen molar-refractivity contribution in [2.45, 2.75) is 6.18 Å². The molecule has 1 amide bonds. The van der Waals surface area contributed by atoms with Crippen molar-refractivity contribution < 1.29 is 37.1 Å². The molecule has 0 atom stereocenters. The Kier molecular flexibility index (Phi) is 7.54. The van der Waals surface area contributed by atoms with E-state index in [2.05, 4.69) is 10.5 Å². The first-order chi connectivity index (χ1) is 16.6. The van der Waals surface area contributed by atoms with Gasteiger partial charge in [-0.1, -0.05) is 6.07 Å². The fraction of sp³-hybridized carbons (Fsp3) is 0.130. The predicted octanol–water partition coefficient (Wildman–Crippen LogP) is 5.19. The number of hydrazone groups is 1. The van der Waals surface area contributed by atoms with Crippen molar-refractivity contribution in [2.75, 3.05) is 14.2 Å². The van der Waals surface area contributed by atoms with Gasteiger partial charge in [-0.15, -0.1) is 0 Å². The molecule has 0 saturated heterocycles. The van der Waals surface area contributed by atoms with Crippen LogP contribution in [0.4, 0.5) is 18.9 Å². The molecular formula is C23H18F3N3O6. The van der Waals surface area contributed by atoms with E-state index in [1.165, 1.54) is 44.7 Å². The average Bonchev–Trinajstić information content (AvgIpc) is 2.84. The fourth-order valence-corrected chi connectivity index (χ4v) is 2.88. The summed E-state index contributed by atoms with van der Waals surface area (Å²) in [7, 11) is 2.86. The molecule has 12 heteroatoms. The number of nitrogens with one attached hydrogen (secondary N) is 1. The van der Waals surface area contributed by atoms with E-state index in [4.69, 9.17) is 14.2 Å². The van der Waals surface area contributed by atoms with Gasteiger partial charge in [-0.2, -0.15) is 18.3 Å². The highest BCUT2D eigenvalue weighted by atomic mass is 19.4. The lowest BCUT2D eigenvalue weighted by atomic mass is 10.1. The zero-order valence-electron chi connectivity index (χ0n) is 18.3. The number of halogens is 3. The van der Waals surface area contributed by atoms with E-state index < -0.39 is 34.0 Å². The Hall–Kier alpha value is -4.61. The first-order valence-electron chi connectivity index (χ1n) is 9.81. The van der Waals surface area contributed by atoms with Gasteiger partial charge in [0.25, 0.3) is 5.91 Å². The van der Waals surface area contributed by atoms with Crippen LogP contribution >= 0.6 is 0 Å². The second-order valence-corrected chi connectivity index (χ2v) is 6.87. The van der Waals surface area contributed by atoms with Gasteiger partial charge in [0.15, 0.2) is 0 Å². The number of nitrogens with zero attached hydrogens (tertiary/aromatic N) is 2. The van der Waals surface area contributed by atoms with Gasteiger partial charge in [-0.25, -0.2) is 5.43 Å². The van der Waals surface area contributed by atoms with E-state index in [9.17, 15) is 28.1 Å². The molecule has 35 heavy (non-hydrogen) atoms. The third-order valence-corrected chi connectivity index (χ3v) is 4.62. The van der Waals surface area contributed by atoms with E-state index in [-0.39, 0.29) is 16.9 Å². The maximum Gasteiger partial charge on any atom is 0.416 e. The number of nitro benzene ring substituents is 1. The van der Waals surface area contributed by atoms with Gasteiger partial charge in [-0.3, -0.25) is 14.9 Å². The van der Waals surface area contributed by atoms with Crippen LogP contribution in [0.3, 0.4) is 0 Å². The highest BCUT2D eigenvalue weighted by Crippen LogP contribution is 2.38. The molecule has 0 aliphatic heterocycles. The summed E-state index contributed by atoms with van der Waals surface area (Å²) >= 11 is 0. The smallest absolute Gasteiger partial charge is 0.416 e. The first kappa shape index (κ1) is 25.0. The van der Waals surface area contributed by atoms with E-state index in [0.29, 0.717) is 23.6 Å². The second kappa shape index (κ2) is 10.5. The van der Waals surface area contributed by atoms with Crippen LogP contribution in [-0.4, -0.2) is 31.3 Å². The normalized spacial score (nSPS) is 11.2. The van der Waals surface area contributed by atoms with Crippen LogP contribution in [-0.2, 0) is 6.18 Å². The number of alkyl halides is 3. The quantitative estimate of drug-likeness (QED) is 0.265. The predicted molar refractivity (Wildman–Crippen MR) is 119 cm³/mol. The molecule has 9 nitrogen and oxygen atoms in total. The molecule has 1 N–H and O–H groups in total. The van der Waals surface area contributed by atoms with Crippen LogP contribution < -0.4 is 19.6 Å². The molecule has 0 aliphatic carbocycles. The van der Waals surface area contributed by atoms with E-state index >= 15 is 0 Å². The molecule has 0 radical (unpaired) electrons. The number of benzene rings is 3. The van der Waals surface area contributed by atoms with E-state index in [1.807, 2.05) is 0 Å². The van der Waals surface area contributed by atoms with Crippen molar-refractivity contribution in [3.63, 3.8) is 0 Å². The molecule has 0 aliphatic rings. The number of ether oxygens (including phenoxy) is 3. The van der Waals surface area contributed by atoms with Gasteiger partial charge in [0.05, 0.1) is 30.9 Å². The van der Waals surface area contributed by atoms with Gasteiger partial charge >= 0.3 is 11.9 Å². The Bertz CT molecular complexity index is 1280. The van der Waals surface area contributed by atoms with Gasteiger partial charge in [0.2, 0.25) is 5.75 Å². The van der Waals surface area contributed by atoms with Crippen LogP contribution in [0.25, 0.3) is 0 Å². The number of methoxy groups -OCH3 is 2. The van der Waals surface area contributed by atoms with Gasteiger partial charge in [0, 0.05) is 17.2 Å². The molecular weight excluding hydrogens is 471 g/mol.